The van der Waals surface area contributed by atoms with E-state index < -0.39 is 0 Å². The van der Waals surface area contributed by atoms with E-state index in [1.54, 1.807) is 20.0 Å². The summed E-state index contributed by atoms with van der Waals surface area (Å²) in [5, 5.41) is 2.75. The summed E-state index contributed by atoms with van der Waals surface area (Å²) in [5.41, 5.74) is 17.9. The lowest BCUT2D eigenvalue weighted by Crippen LogP contribution is -2.21. The number of hydrogen-bond acceptors (Lipinski definition) is 7. The number of fused-ring (bicyclic) bond motifs is 1. The maximum Gasteiger partial charge on any atom is 0.144 e. The zero-order valence-electron chi connectivity index (χ0n) is 20.4. The van der Waals surface area contributed by atoms with Crippen molar-refractivity contribution in [2.24, 2.45) is 5.73 Å². The van der Waals surface area contributed by atoms with Gasteiger partial charge in [-0.05, 0) is 68.8 Å². The van der Waals surface area contributed by atoms with E-state index >= 15 is 0 Å². The zero-order valence-corrected chi connectivity index (χ0v) is 20.4. The molecule has 0 aliphatic rings. The largest absolute Gasteiger partial charge is 0.398 e. The van der Waals surface area contributed by atoms with Crippen molar-refractivity contribution in [3.63, 3.8) is 0 Å². The summed E-state index contributed by atoms with van der Waals surface area (Å²) in [6.45, 7) is 3.76. The van der Waals surface area contributed by atoms with Gasteiger partial charge in [-0.3, -0.25) is 9.20 Å². The molecule has 0 bridgehead atoms. The molecule has 4 rings (SSSR count). The molecule has 0 radical (unpaired) electrons. The van der Waals surface area contributed by atoms with E-state index in [-0.39, 0.29) is 6.04 Å². The number of nitrogen functional groups attached to an aromatic ring is 1. The van der Waals surface area contributed by atoms with E-state index in [0.717, 1.165) is 40.0 Å². The van der Waals surface area contributed by atoms with E-state index in [2.05, 4.69) is 27.1 Å². The van der Waals surface area contributed by atoms with E-state index in [4.69, 9.17) is 11.5 Å². The van der Waals surface area contributed by atoms with Gasteiger partial charge in [0.2, 0.25) is 0 Å². The molecule has 0 aliphatic carbocycles. The highest BCUT2D eigenvalue weighted by molar-refractivity contribution is 5.80. The van der Waals surface area contributed by atoms with Crippen molar-refractivity contribution in [1.29, 1.82) is 0 Å². The van der Waals surface area contributed by atoms with Crippen molar-refractivity contribution in [2.45, 2.75) is 19.9 Å². The van der Waals surface area contributed by atoms with E-state index in [1.807, 2.05) is 66.1 Å². The number of anilines is 1. The second-order valence-corrected chi connectivity index (χ2v) is 7.91. The maximum atomic E-state index is 10.6. The number of nitrogens with zero attached hydrogens (tertiary/aromatic N) is 3. The van der Waals surface area contributed by atoms with Gasteiger partial charge in [-0.1, -0.05) is 24.1 Å². The molecule has 36 heavy (non-hydrogen) atoms. The van der Waals surface area contributed by atoms with Crippen LogP contribution in [0.25, 0.3) is 22.6 Å². The molecular weight excluding hydrogens is 452 g/mol. The van der Waals surface area contributed by atoms with Crippen LogP contribution < -0.4 is 16.8 Å². The monoisotopic (exact) mass is 480 g/mol. The fourth-order valence-corrected chi connectivity index (χ4v) is 3.31. The lowest BCUT2D eigenvalue weighted by atomic mass is 10.1. The molecule has 1 atom stereocenters. The topological polar surface area (TPSA) is 128 Å². The van der Waals surface area contributed by atoms with Crippen LogP contribution in [0.5, 0.6) is 0 Å². The van der Waals surface area contributed by atoms with Gasteiger partial charge in [-0.15, -0.1) is 0 Å². The normalized spacial score (nSPS) is 11.6. The number of rotatable bonds is 5. The van der Waals surface area contributed by atoms with Crippen molar-refractivity contribution >= 4 is 29.7 Å². The molecule has 3 aromatic heterocycles. The van der Waals surface area contributed by atoms with Crippen LogP contribution in [0.3, 0.4) is 0 Å². The van der Waals surface area contributed by atoms with Gasteiger partial charge in [0.1, 0.15) is 29.7 Å². The second kappa shape index (κ2) is 12.1. The summed E-state index contributed by atoms with van der Waals surface area (Å²) in [5.74, 6) is 6.67. The number of allylic oxidation sites excluding steroid dienone is 1. The molecule has 1 aromatic carbocycles. The van der Waals surface area contributed by atoms with Crippen LogP contribution in [0, 0.1) is 18.8 Å². The Kier molecular flexibility index (Phi) is 8.70. The van der Waals surface area contributed by atoms with Gasteiger partial charge in [0.05, 0.1) is 17.4 Å². The standard InChI is InChI=1S/C24H19N5O.C4H9NO/c1-16-24(29-14-3-2-4-23(29)27-16)19-10-12-22(26)28-21(19)11-7-17-5-8-18(9-6-17)20(25)13-15-30;1-4(3-6)5-2/h2-6,8-10,12-15H,25H2,1H3,(H2,26,28);3-5H,1-2H3/b20-13-;. The Hall–Kier alpha value is -4.74. The minimum Gasteiger partial charge on any atom is -0.398 e. The molecule has 0 aliphatic heterocycles. The third-order valence-corrected chi connectivity index (χ3v) is 5.33. The average molecular weight is 481 g/mol. The number of nitrogens with two attached hydrogens (primary N) is 2. The Morgan fingerprint density at radius 2 is 1.81 bits per heavy atom. The first-order valence-electron chi connectivity index (χ1n) is 11.2. The lowest BCUT2D eigenvalue weighted by Gasteiger charge is -2.06. The minimum absolute atomic E-state index is 0.00463. The number of benzene rings is 1. The van der Waals surface area contributed by atoms with E-state index in [0.29, 0.717) is 23.5 Å². The number of likely N-dealkylation sites (N-methyl/N-ethyl adjacent to an activating group) is 1. The number of pyridine rings is 2. The van der Waals surface area contributed by atoms with Gasteiger partial charge in [-0.25, -0.2) is 9.97 Å². The number of imidazole rings is 1. The van der Waals surface area contributed by atoms with Crippen LogP contribution in [-0.4, -0.2) is 40.0 Å². The predicted molar refractivity (Wildman–Crippen MR) is 143 cm³/mol. The molecule has 4 aromatic rings. The molecule has 5 N–H and O–H groups in total. The van der Waals surface area contributed by atoms with Gasteiger partial charge < -0.3 is 21.6 Å². The molecule has 8 nitrogen and oxygen atoms in total. The maximum absolute atomic E-state index is 10.6. The Morgan fingerprint density at radius 3 is 2.44 bits per heavy atom. The van der Waals surface area contributed by atoms with E-state index in [9.17, 15) is 9.59 Å². The zero-order chi connectivity index (χ0) is 26.1. The summed E-state index contributed by atoms with van der Waals surface area (Å²) >= 11 is 0. The molecule has 0 amide bonds. The average Bonchev–Trinajstić information content (AvgIpc) is 3.23. The van der Waals surface area contributed by atoms with Crippen LogP contribution in [0.1, 0.15) is 29.4 Å². The third kappa shape index (κ3) is 6.23. The fraction of sp³-hybridized carbons (Fsp3) is 0.143. The van der Waals surface area contributed by atoms with Gasteiger partial charge in [-0.2, -0.15) is 0 Å². The molecule has 0 saturated carbocycles. The molecular formula is C28H28N6O2. The Labute approximate surface area is 210 Å². The summed E-state index contributed by atoms with van der Waals surface area (Å²) in [6.07, 6.45) is 4.81. The second-order valence-electron chi connectivity index (χ2n) is 7.91. The number of carbonyl (C=O) groups excluding carboxylic acids is 2. The molecule has 0 fully saturated rings. The van der Waals surface area contributed by atoms with Gasteiger partial charge >= 0.3 is 0 Å². The molecule has 1 unspecified atom stereocenters. The Balaban J connectivity index is 0.000000538. The lowest BCUT2D eigenvalue weighted by molar-refractivity contribution is -0.109. The number of carbonyl (C=O) groups is 2. The highest BCUT2D eigenvalue weighted by atomic mass is 16.1. The highest BCUT2D eigenvalue weighted by Gasteiger charge is 2.14. The molecule has 8 heteroatoms. The fourth-order valence-electron chi connectivity index (χ4n) is 3.31. The molecule has 0 saturated heterocycles. The summed E-state index contributed by atoms with van der Waals surface area (Å²) in [4.78, 5) is 29.3. The first-order valence-corrected chi connectivity index (χ1v) is 11.2. The van der Waals surface area contributed by atoms with Crippen LogP contribution in [-0.2, 0) is 9.59 Å². The van der Waals surface area contributed by atoms with Gasteiger partial charge in [0.15, 0.2) is 0 Å². The highest BCUT2D eigenvalue weighted by Crippen LogP contribution is 2.27. The van der Waals surface area contributed by atoms with Crippen molar-refractivity contribution in [1.82, 2.24) is 19.7 Å². The first-order chi connectivity index (χ1) is 17.4. The summed E-state index contributed by atoms with van der Waals surface area (Å²) in [6, 6.07) is 16.9. The first kappa shape index (κ1) is 25.9. The summed E-state index contributed by atoms with van der Waals surface area (Å²) in [7, 11) is 1.75. The summed E-state index contributed by atoms with van der Waals surface area (Å²) < 4.78 is 2.02. The predicted octanol–water partition coefficient (Wildman–Crippen LogP) is 2.98. The number of aldehydes is 2. The molecule has 182 valence electrons. The van der Waals surface area contributed by atoms with Gasteiger partial charge in [0, 0.05) is 29.1 Å². The van der Waals surface area contributed by atoms with Crippen molar-refractivity contribution in [3.8, 4) is 23.1 Å². The third-order valence-electron chi connectivity index (χ3n) is 5.33. The number of aryl methyl sites for hydroxylation is 1. The number of hydrogen-bond donors (Lipinski definition) is 3. The SMILES string of the molecule is CNC(C)C=O.Cc1nc2ccccn2c1-c1ccc(N)nc1C#Cc1ccc(/C(N)=C/C=O)cc1. The Bertz CT molecular complexity index is 1460. The van der Waals surface area contributed by atoms with Crippen molar-refractivity contribution in [3.05, 3.63) is 89.4 Å². The van der Waals surface area contributed by atoms with Crippen LogP contribution in [0.15, 0.2) is 66.9 Å². The Morgan fingerprint density at radius 1 is 1.06 bits per heavy atom. The number of nitrogens with one attached hydrogen (secondary N) is 1. The molecule has 0 spiro atoms. The van der Waals surface area contributed by atoms with Crippen LogP contribution in [0.4, 0.5) is 5.82 Å². The molecule has 3 heterocycles. The van der Waals surface area contributed by atoms with E-state index in [1.165, 1.54) is 6.08 Å². The smallest absolute Gasteiger partial charge is 0.144 e. The van der Waals surface area contributed by atoms with Crippen LogP contribution >= 0.6 is 0 Å². The van der Waals surface area contributed by atoms with Gasteiger partial charge in [0.25, 0.3) is 0 Å². The van der Waals surface area contributed by atoms with Crippen LogP contribution in [0.2, 0.25) is 0 Å². The minimum atomic E-state index is 0.00463. The van der Waals surface area contributed by atoms with Crippen molar-refractivity contribution in [2.75, 3.05) is 12.8 Å². The number of aromatic nitrogens is 3. The quantitative estimate of drug-likeness (QED) is 0.228. The van der Waals surface area contributed by atoms with Crippen molar-refractivity contribution < 1.29 is 9.59 Å².